The van der Waals surface area contributed by atoms with Gasteiger partial charge < -0.3 is 4.74 Å². The van der Waals surface area contributed by atoms with Crippen molar-refractivity contribution in [3.8, 4) is 0 Å². The number of rotatable bonds is 0. The zero-order valence-corrected chi connectivity index (χ0v) is 11.7. The van der Waals surface area contributed by atoms with E-state index in [1.165, 1.54) is 0 Å². The van der Waals surface area contributed by atoms with Gasteiger partial charge in [0.15, 0.2) is 0 Å². The highest BCUT2D eigenvalue weighted by Gasteiger charge is 2.42. The van der Waals surface area contributed by atoms with Crippen LogP contribution in [0.1, 0.15) is 33.6 Å². The van der Waals surface area contributed by atoms with Gasteiger partial charge in [0.2, 0.25) is 0 Å². The molecular weight excluding hydrogens is 234 g/mol. The summed E-state index contributed by atoms with van der Waals surface area (Å²) in [5.41, 5.74) is -0.474. The van der Waals surface area contributed by atoms with Crippen molar-refractivity contribution in [2.24, 2.45) is 0 Å². The highest BCUT2D eigenvalue weighted by atomic mass is 32.2. The van der Waals surface area contributed by atoms with E-state index in [2.05, 4.69) is 12.2 Å². The molecule has 4 heteroatoms. The van der Waals surface area contributed by atoms with Gasteiger partial charge in [0.05, 0.1) is 5.54 Å². The molecule has 1 saturated heterocycles. The van der Waals surface area contributed by atoms with Gasteiger partial charge in [0, 0.05) is 6.54 Å². The van der Waals surface area contributed by atoms with Gasteiger partial charge in [-0.15, -0.1) is 0 Å². The molecule has 0 saturated carbocycles. The van der Waals surface area contributed by atoms with Gasteiger partial charge in [-0.2, -0.15) is 11.8 Å². The second kappa shape index (κ2) is 4.56. The van der Waals surface area contributed by atoms with Crippen LogP contribution in [0, 0.1) is 0 Å². The van der Waals surface area contributed by atoms with Crippen molar-refractivity contribution < 1.29 is 9.53 Å². The Morgan fingerprint density at radius 3 is 2.59 bits per heavy atom. The molecule has 0 radical (unpaired) electrons. The largest absolute Gasteiger partial charge is 0.444 e. The van der Waals surface area contributed by atoms with Crippen molar-refractivity contribution in [2.45, 2.75) is 44.8 Å². The number of carbonyl (C=O) groups excluding carboxylic acids is 1. The zero-order chi connectivity index (χ0) is 12.5. The Balaban J connectivity index is 2.08. The van der Waals surface area contributed by atoms with Gasteiger partial charge in [-0.3, -0.25) is 4.90 Å². The highest BCUT2D eigenvalue weighted by Crippen LogP contribution is 2.37. The maximum absolute atomic E-state index is 12.2. The highest BCUT2D eigenvalue weighted by molar-refractivity contribution is 7.99. The van der Waals surface area contributed by atoms with Crippen molar-refractivity contribution in [3.63, 3.8) is 0 Å². The minimum Gasteiger partial charge on any atom is -0.444 e. The molecule has 1 amide bonds. The van der Waals surface area contributed by atoms with Crippen LogP contribution in [0.25, 0.3) is 0 Å². The quantitative estimate of drug-likeness (QED) is 0.623. The van der Waals surface area contributed by atoms with Crippen LogP contribution in [0.2, 0.25) is 0 Å². The molecule has 17 heavy (non-hydrogen) atoms. The maximum Gasteiger partial charge on any atom is 0.411 e. The molecule has 1 fully saturated rings. The molecule has 2 aliphatic rings. The zero-order valence-electron chi connectivity index (χ0n) is 10.9. The summed E-state index contributed by atoms with van der Waals surface area (Å²) in [6.45, 7) is 6.44. The van der Waals surface area contributed by atoms with Crippen LogP contribution >= 0.6 is 11.8 Å². The maximum atomic E-state index is 12.2. The van der Waals surface area contributed by atoms with Crippen molar-refractivity contribution >= 4 is 17.9 Å². The van der Waals surface area contributed by atoms with Gasteiger partial charge in [-0.05, 0) is 45.1 Å². The van der Waals surface area contributed by atoms with Crippen molar-refractivity contribution in [1.82, 2.24) is 4.90 Å². The Morgan fingerprint density at radius 1 is 1.35 bits per heavy atom. The van der Waals surface area contributed by atoms with E-state index < -0.39 is 5.60 Å². The third-order valence-corrected chi connectivity index (χ3v) is 4.21. The lowest BCUT2D eigenvalue weighted by Crippen LogP contribution is -2.51. The molecule has 2 heterocycles. The fourth-order valence-corrected chi connectivity index (χ4v) is 3.58. The molecule has 2 rings (SSSR count). The van der Waals surface area contributed by atoms with Crippen LogP contribution in [0.15, 0.2) is 12.2 Å². The molecule has 0 atom stereocenters. The van der Waals surface area contributed by atoms with Crippen LogP contribution in [-0.4, -0.2) is 40.2 Å². The van der Waals surface area contributed by atoms with Crippen molar-refractivity contribution in [1.29, 1.82) is 0 Å². The Hall–Kier alpha value is -0.640. The Morgan fingerprint density at radius 2 is 2.00 bits per heavy atom. The summed E-state index contributed by atoms with van der Waals surface area (Å²) < 4.78 is 5.49. The summed E-state index contributed by atoms with van der Waals surface area (Å²) in [4.78, 5) is 14.1. The molecule has 96 valence electrons. The van der Waals surface area contributed by atoms with Gasteiger partial charge >= 0.3 is 6.09 Å². The molecule has 0 bridgehead atoms. The fourth-order valence-electron chi connectivity index (χ4n) is 2.38. The average Bonchev–Trinajstić information content (AvgIpc) is 2.60. The molecule has 0 aromatic carbocycles. The number of hydrogen-bond acceptors (Lipinski definition) is 3. The first kappa shape index (κ1) is 12.8. The standard InChI is InChI=1S/C13H21NO2S/c1-12(2,3)16-11(15)14-8-4-5-13(14)6-9-17-10-7-13/h4-5H,6-10H2,1-3H3. The number of carbonyl (C=O) groups is 1. The normalized spacial score (nSPS) is 23.1. The van der Waals surface area contributed by atoms with E-state index >= 15 is 0 Å². The summed E-state index contributed by atoms with van der Waals surface area (Å²) in [5, 5.41) is 0. The SMILES string of the molecule is CC(C)(C)OC(=O)N1CC=CC12CCSCC2. The minimum absolute atomic E-state index is 0.0619. The first-order valence-corrected chi connectivity index (χ1v) is 7.35. The lowest BCUT2D eigenvalue weighted by molar-refractivity contribution is 0.0105. The first-order chi connectivity index (χ1) is 7.93. The van der Waals surface area contributed by atoms with Crippen LogP contribution < -0.4 is 0 Å². The fraction of sp³-hybridized carbons (Fsp3) is 0.769. The summed E-state index contributed by atoms with van der Waals surface area (Å²) >= 11 is 1.97. The Kier molecular flexibility index (Phi) is 3.43. The summed E-state index contributed by atoms with van der Waals surface area (Å²) in [7, 11) is 0. The third-order valence-electron chi connectivity index (χ3n) is 3.23. The van der Waals surface area contributed by atoms with E-state index in [-0.39, 0.29) is 11.6 Å². The molecule has 0 N–H and O–H groups in total. The number of nitrogens with zero attached hydrogens (tertiary/aromatic N) is 1. The molecule has 1 spiro atoms. The molecule has 0 aromatic rings. The predicted molar refractivity (Wildman–Crippen MR) is 71.4 cm³/mol. The summed E-state index contributed by atoms with van der Waals surface area (Å²) in [6, 6.07) is 0. The predicted octanol–water partition coefficient (Wildman–Crippen LogP) is 3.06. The van der Waals surface area contributed by atoms with E-state index in [0.717, 1.165) is 24.3 Å². The molecule has 2 aliphatic heterocycles. The molecule has 3 nitrogen and oxygen atoms in total. The van der Waals surface area contributed by atoms with Crippen LogP contribution in [0.4, 0.5) is 4.79 Å². The third kappa shape index (κ3) is 2.79. The van der Waals surface area contributed by atoms with Gasteiger partial charge in [0.1, 0.15) is 5.60 Å². The lowest BCUT2D eigenvalue weighted by Gasteiger charge is -2.41. The summed E-state index contributed by atoms with van der Waals surface area (Å²) in [6.07, 6.45) is 6.23. The molecule has 0 unspecified atom stereocenters. The van der Waals surface area contributed by atoms with Crippen molar-refractivity contribution in [2.75, 3.05) is 18.1 Å². The summed E-state index contributed by atoms with van der Waals surface area (Å²) in [5.74, 6) is 2.26. The van der Waals surface area contributed by atoms with Crippen LogP contribution in [0.3, 0.4) is 0 Å². The van der Waals surface area contributed by atoms with E-state index in [9.17, 15) is 4.79 Å². The van der Waals surface area contributed by atoms with E-state index in [1.54, 1.807) is 0 Å². The molecule has 0 aliphatic carbocycles. The van der Waals surface area contributed by atoms with Gasteiger partial charge in [-0.25, -0.2) is 4.79 Å². The Labute approximate surface area is 108 Å². The lowest BCUT2D eigenvalue weighted by atomic mass is 9.92. The Bertz CT molecular complexity index is 327. The van der Waals surface area contributed by atoms with E-state index in [0.29, 0.717) is 6.54 Å². The van der Waals surface area contributed by atoms with Gasteiger partial charge in [0.25, 0.3) is 0 Å². The molecular formula is C13H21NO2S. The van der Waals surface area contributed by atoms with E-state index in [4.69, 9.17) is 4.74 Å². The second-order valence-electron chi connectivity index (χ2n) is 5.71. The van der Waals surface area contributed by atoms with E-state index in [1.807, 2.05) is 37.4 Å². The van der Waals surface area contributed by atoms with Gasteiger partial charge in [-0.1, -0.05) is 12.2 Å². The number of hydrogen-bond donors (Lipinski definition) is 0. The smallest absolute Gasteiger partial charge is 0.411 e. The van der Waals surface area contributed by atoms with Crippen LogP contribution in [0.5, 0.6) is 0 Å². The average molecular weight is 255 g/mol. The van der Waals surface area contributed by atoms with Crippen molar-refractivity contribution in [3.05, 3.63) is 12.2 Å². The minimum atomic E-state index is -0.412. The monoisotopic (exact) mass is 255 g/mol. The number of amides is 1. The van der Waals surface area contributed by atoms with Crippen LogP contribution in [-0.2, 0) is 4.74 Å². The molecule has 0 aromatic heterocycles. The first-order valence-electron chi connectivity index (χ1n) is 6.19. The second-order valence-corrected chi connectivity index (χ2v) is 6.93. The number of thioether (sulfide) groups is 1. The topological polar surface area (TPSA) is 29.5 Å². The number of ether oxygens (including phenoxy) is 1.